The van der Waals surface area contributed by atoms with Crippen LogP contribution in [0.1, 0.15) is 50.9 Å². The second-order valence-corrected chi connectivity index (χ2v) is 6.11. The molecule has 0 saturated heterocycles. The average Bonchev–Trinajstić information content (AvgIpc) is 2.60. The van der Waals surface area contributed by atoms with E-state index < -0.39 is 0 Å². The van der Waals surface area contributed by atoms with Crippen LogP contribution in [-0.4, -0.2) is 0 Å². The molecule has 1 aromatic heterocycles. The molecular formula is C15H20O. The summed E-state index contributed by atoms with van der Waals surface area (Å²) < 4.78 is 5.72. The SMILES string of the molecule is CC1=CC2CC(C)(C)C1CCc1ccoc12. The van der Waals surface area contributed by atoms with Gasteiger partial charge in [0.25, 0.3) is 0 Å². The van der Waals surface area contributed by atoms with Crippen molar-refractivity contribution >= 4 is 0 Å². The zero-order chi connectivity index (χ0) is 11.3. The topological polar surface area (TPSA) is 13.1 Å². The summed E-state index contributed by atoms with van der Waals surface area (Å²) in [7, 11) is 0. The van der Waals surface area contributed by atoms with Crippen LogP contribution in [-0.2, 0) is 6.42 Å². The van der Waals surface area contributed by atoms with Crippen molar-refractivity contribution in [2.75, 3.05) is 0 Å². The second kappa shape index (κ2) is 3.26. The molecule has 0 fully saturated rings. The number of fused-ring (bicyclic) bond motifs is 2. The van der Waals surface area contributed by atoms with Gasteiger partial charge in [-0.1, -0.05) is 25.5 Å². The molecule has 1 heteroatoms. The highest BCUT2D eigenvalue weighted by atomic mass is 16.3. The van der Waals surface area contributed by atoms with E-state index in [0.717, 1.165) is 5.92 Å². The van der Waals surface area contributed by atoms with E-state index in [9.17, 15) is 0 Å². The standard InChI is InChI=1S/C15H20O/c1-10-8-12-9-15(2,3)13(10)5-4-11-6-7-16-14(11)12/h6-8,12-13H,4-5,9H2,1-3H3. The Morgan fingerprint density at radius 2 is 2.19 bits per heavy atom. The van der Waals surface area contributed by atoms with Gasteiger partial charge in [0.1, 0.15) is 5.76 Å². The van der Waals surface area contributed by atoms with Gasteiger partial charge in [0, 0.05) is 5.92 Å². The Kier molecular flexibility index (Phi) is 2.07. The molecule has 3 aliphatic rings. The molecule has 2 bridgehead atoms. The maximum atomic E-state index is 5.72. The van der Waals surface area contributed by atoms with Crippen LogP contribution in [0.5, 0.6) is 0 Å². The summed E-state index contributed by atoms with van der Waals surface area (Å²) in [5.74, 6) is 2.49. The Morgan fingerprint density at radius 3 is 2.94 bits per heavy atom. The molecule has 0 aromatic carbocycles. The van der Waals surface area contributed by atoms with E-state index >= 15 is 0 Å². The number of furan rings is 1. The lowest BCUT2D eigenvalue weighted by atomic mass is 9.62. The number of hydrogen-bond acceptors (Lipinski definition) is 1. The minimum absolute atomic E-state index is 0.425. The molecule has 86 valence electrons. The highest BCUT2D eigenvalue weighted by molar-refractivity contribution is 5.32. The Morgan fingerprint density at radius 1 is 1.38 bits per heavy atom. The molecule has 1 aromatic rings. The third kappa shape index (κ3) is 1.37. The monoisotopic (exact) mass is 216 g/mol. The Labute approximate surface area is 97.5 Å². The number of hydrogen-bond donors (Lipinski definition) is 0. The lowest BCUT2D eigenvalue weighted by molar-refractivity contribution is 0.179. The normalized spacial score (nSPS) is 31.6. The highest BCUT2D eigenvalue weighted by Gasteiger charge is 2.40. The minimum Gasteiger partial charge on any atom is -0.468 e. The molecule has 2 unspecified atom stereocenters. The molecule has 4 rings (SSSR count). The van der Waals surface area contributed by atoms with Gasteiger partial charge in [-0.2, -0.15) is 0 Å². The quantitative estimate of drug-likeness (QED) is 0.589. The van der Waals surface area contributed by atoms with Crippen molar-refractivity contribution in [1.29, 1.82) is 0 Å². The summed E-state index contributed by atoms with van der Waals surface area (Å²) in [6, 6.07) is 2.16. The van der Waals surface area contributed by atoms with E-state index in [1.807, 2.05) is 6.26 Å². The van der Waals surface area contributed by atoms with Gasteiger partial charge < -0.3 is 4.42 Å². The zero-order valence-electron chi connectivity index (χ0n) is 10.4. The van der Waals surface area contributed by atoms with Crippen LogP contribution in [0.25, 0.3) is 0 Å². The van der Waals surface area contributed by atoms with Crippen LogP contribution >= 0.6 is 0 Å². The molecule has 0 saturated carbocycles. The van der Waals surface area contributed by atoms with Crippen molar-refractivity contribution < 1.29 is 4.42 Å². The Bertz CT molecular complexity index is 436. The molecule has 2 atom stereocenters. The summed E-state index contributed by atoms with van der Waals surface area (Å²) >= 11 is 0. The molecule has 1 nitrogen and oxygen atoms in total. The predicted octanol–water partition coefficient (Wildman–Crippen LogP) is 4.30. The molecule has 0 aliphatic heterocycles. The maximum absolute atomic E-state index is 5.72. The second-order valence-electron chi connectivity index (χ2n) is 6.11. The summed E-state index contributed by atoms with van der Waals surface area (Å²) in [5.41, 5.74) is 3.44. The van der Waals surface area contributed by atoms with Crippen molar-refractivity contribution in [2.45, 2.75) is 46.0 Å². The van der Waals surface area contributed by atoms with Crippen molar-refractivity contribution in [2.24, 2.45) is 11.3 Å². The van der Waals surface area contributed by atoms with E-state index in [2.05, 4.69) is 32.9 Å². The van der Waals surface area contributed by atoms with E-state index in [-0.39, 0.29) is 0 Å². The number of rotatable bonds is 0. The van der Waals surface area contributed by atoms with Crippen molar-refractivity contribution in [3.8, 4) is 0 Å². The maximum Gasteiger partial charge on any atom is 0.113 e. The molecule has 1 heterocycles. The van der Waals surface area contributed by atoms with E-state index in [0.29, 0.717) is 11.3 Å². The molecule has 0 spiro atoms. The summed E-state index contributed by atoms with van der Waals surface area (Å²) in [6.07, 6.45) is 7.99. The van der Waals surface area contributed by atoms with Crippen LogP contribution in [0, 0.1) is 11.3 Å². The van der Waals surface area contributed by atoms with Gasteiger partial charge in [0.2, 0.25) is 0 Å². The summed E-state index contributed by atoms with van der Waals surface area (Å²) in [6.45, 7) is 7.12. The molecule has 16 heavy (non-hydrogen) atoms. The van der Waals surface area contributed by atoms with Gasteiger partial charge in [0.05, 0.1) is 6.26 Å². The molecule has 0 amide bonds. The number of allylic oxidation sites excluding steroid dienone is 2. The largest absolute Gasteiger partial charge is 0.468 e. The first-order chi connectivity index (χ1) is 7.58. The van der Waals surface area contributed by atoms with Gasteiger partial charge in [-0.25, -0.2) is 0 Å². The molecule has 3 aliphatic carbocycles. The van der Waals surface area contributed by atoms with Crippen molar-refractivity contribution in [3.05, 3.63) is 35.3 Å². The van der Waals surface area contributed by atoms with E-state index in [1.165, 1.54) is 30.6 Å². The fraction of sp³-hybridized carbons (Fsp3) is 0.600. The van der Waals surface area contributed by atoms with Gasteiger partial charge in [-0.3, -0.25) is 0 Å². The summed E-state index contributed by atoms with van der Waals surface area (Å²) in [4.78, 5) is 0. The van der Waals surface area contributed by atoms with Gasteiger partial charge >= 0.3 is 0 Å². The minimum atomic E-state index is 0.425. The third-order valence-electron chi connectivity index (χ3n) is 4.52. The van der Waals surface area contributed by atoms with E-state index in [1.54, 1.807) is 5.57 Å². The van der Waals surface area contributed by atoms with Gasteiger partial charge in [-0.15, -0.1) is 0 Å². The molecular weight excluding hydrogens is 196 g/mol. The lowest BCUT2D eigenvalue weighted by Crippen LogP contribution is -2.33. The highest BCUT2D eigenvalue weighted by Crippen LogP contribution is 2.50. The Hall–Kier alpha value is -0.980. The van der Waals surface area contributed by atoms with Gasteiger partial charge in [0.15, 0.2) is 0 Å². The predicted molar refractivity (Wildman–Crippen MR) is 65.4 cm³/mol. The smallest absolute Gasteiger partial charge is 0.113 e. The van der Waals surface area contributed by atoms with Crippen LogP contribution in [0.3, 0.4) is 0 Å². The Balaban J connectivity index is 2.12. The van der Waals surface area contributed by atoms with Crippen LogP contribution in [0.15, 0.2) is 28.4 Å². The first-order valence-corrected chi connectivity index (χ1v) is 6.32. The molecule has 0 radical (unpaired) electrons. The van der Waals surface area contributed by atoms with Crippen LogP contribution in [0.4, 0.5) is 0 Å². The summed E-state index contributed by atoms with van der Waals surface area (Å²) in [5, 5.41) is 0. The van der Waals surface area contributed by atoms with Crippen molar-refractivity contribution in [1.82, 2.24) is 0 Å². The number of aryl methyl sites for hydroxylation is 1. The zero-order valence-corrected chi connectivity index (χ0v) is 10.4. The van der Waals surface area contributed by atoms with Crippen LogP contribution in [0.2, 0.25) is 0 Å². The molecule has 0 N–H and O–H groups in total. The fourth-order valence-corrected chi connectivity index (χ4v) is 3.78. The van der Waals surface area contributed by atoms with Gasteiger partial charge in [-0.05, 0) is 49.1 Å². The van der Waals surface area contributed by atoms with Crippen LogP contribution < -0.4 is 0 Å². The lowest BCUT2D eigenvalue weighted by Gasteiger charge is -2.43. The first kappa shape index (κ1) is 10.2. The fourth-order valence-electron chi connectivity index (χ4n) is 3.78. The van der Waals surface area contributed by atoms with E-state index in [4.69, 9.17) is 4.42 Å². The average molecular weight is 216 g/mol. The first-order valence-electron chi connectivity index (χ1n) is 6.32. The third-order valence-corrected chi connectivity index (χ3v) is 4.52. The van der Waals surface area contributed by atoms with Crippen molar-refractivity contribution in [3.63, 3.8) is 0 Å².